The van der Waals surface area contributed by atoms with E-state index in [1.54, 1.807) is 25.1 Å². The number of carbonyl (C=O) groups is 3. The van der Waals surface area contributed by atoms with E-state index in [2.05, 4.69) is 21.9 Å². The third-order valence-electron chi connectivity index (χ3n) is 5.00. The number of ether oxygens (including phenoxy) is 1. The zero-order valence-electron chi connectivity index (χ0n) is 20.0. The molecule has 4 rings (SSSR count). The maximum Gasteiger partial charge on any atom is 0.338 e. The Morgan fingerprint density at radius 1 is 1.19 bits per heavy atom. The van der Waals surface area contributed by atoms with Gasteiger partial charge in [-0.15, -0.1) is 29.7 Å². The molecule has 0 aliphatic rings. The van der Waals surface area contributed by atoms with E-state index in [0.29, 0.717) is 28.6 Å². The third-order valence-corrected chi connectivity index (χ3v) is 7.72. The predicted molar refractivity (Wildman–Crippen MR) is 150 cm³/mol. The lowest BCUT2D eigenvalue weighted by molar-refractivity contribution is -0.115. The number of allylic oxidation sites excluding steroid dienone is 1. The highest BCUT2D eigenvalue weighted by Crippen LogP contribution is 2.25. The minimum atomic E-state index is -0.397. The molecule has 2 aromatic heterocycles. The monoisotopic (exact) mass is 552 g/mol. The molecule has 2 aromatic carbocycles. The van der Waals surface area contributed by atoms with Gasteiger partial charge in [0.1, 0.15) is 0 Å². The zero-order chi connectivity index (χ0) is 26.2. The maximum atomic E-state index is 12.6. The molecule has 0 radical (unpaired) electrons. The van der Waals surface area contributed by atoms with Crippen LogP contribution in [0.2, 0.25) is 0 Å². The van der Waals surface area contributed by atoms with Gasteiger partial charge in [0.05, 0.1) is 39.6 Å². The molecule has 0 aliphatic heterocycles. The van der Waals surface area contributed by atoms with Crippen LogP contribution in [0.3, 0.4) is 0 Å². The number of thioether (sulfide) groups is 1. The van der Waals surface area contributed by atoms with Gasteiger partial charge in [0, 0.05) is 17.5 Å². The fourth-order valence-electron chi connectivity index (χ4n) is 3.40. The molecule has 11 heteroatoms. The van der Waals surface area contributed by atoms with Crippen molar-refractivity contribution in [2.75, 3.05) is 23.4 Å². The summed E-state index contributed by atoms with van der Waals surface area (Å²) in [6.45, 7) is 6.29. The number of hydrogen-bond donors (Lipinski definition) is 1. The fraction of sp³-hybridized carbons (Fsp3) is 0.192. The van der Waals surface area contributed by atoms with Gasteiger partial charge in [-0.25, -0.2) is 9.78 Å². The van der Waals surface area contributed by atoms with Crippen LogP contribution in [0, 0.1) is 0 Å². The van der Waals surface area contributed by atoms with Crippen molar-refractivity contribution >= 4 is 67.6 Å². The Kier molecular flexibility index (Phi) is 9.04. The Hall–Kier alpha value is -3.54. The van der Waals surface area contributed by atoms with E-state index in [1.165, 1.54) is 34.4 Å². The predicted octanol–water partition coefficient (Wildman–Crippen LogP) is 4.99. The molecule has 0 atom stereocenters. The lowest BCUT2D eigenvalue weighted by Crippen LogP contribution is -2.18. The number of anilines is 1. The summed E-state index contributed by atoms with van der Waals surface area (Å²) in [5.74, 6) is -0.831. The lowest BCUT2D eigenvalue weighted by atomic mass is 10.2. The van der Waals surface area contributed by atoms with Crippen LogP contribution in [0.25, 0.3) is 21.5 Å². The van der Waals surface area contributed by atoms with Crippen molar-refractivity contribution in [1.82, 2.24) is 9.55 Å². The number of benzene rings is 2. The van der Waals surface area contributed by atoms with E-state index < -0.39 is 5.97 Å². The van der Waals surface area contributed by atoms with Crippen LogP contribution in [-0.2, 0) is 20.9 Å². The first kappa shape index (κ1) is 26.5. The summed E-state index contributed by atoms with van der Waals surface area (Å²) < 4.78 is 7.75. The first-order chi connectivity index (χ1) is 18.0. The lowest BCUT2D eigenvalue weighted by Gasteiger charge is -2.03. The highest BCUT2D eigenvalue weighted by molar-refractivity contribution is 8.00. The zero-order valence-corrected chi connectivity index (χ0v) is 22.5. The number of thiazole rings is 2. The topological polar surface area (TPSA) is 103 Å². The van der Waals surface area contributed by atoms with Gasteiger partial charge in [-0.05, 0) is 25.1 Å². The molecule has 4 aromatic rings. The molecule has 190 valence electrons. The molecular weight excluding hydrogens is 529 g/mol. The Morgan fingerprint density at radius 3 is 2.76 bits per heavy atom. The van der Waals surface area contributed by atoms with Gasteiger partial charge in [-0.2, -0.15) is 4.99 Å². The van der Waals surface area contributed by atoms with E-state index in [1.807, 2.05) is 46.3 Å². The molecule has 0 spiro atoms. The molecule has 0 saturated heterocycles. The highest BCUT2D eigenvalue weighted by Gasteiger charge is 2.13. The Morgan fingerprint density at radius 2 is 2.00 bits per heavy atom. The van der Waals surface area contributed by atoms with Gasteiger partial charge in [-0.1, -0.05) is 47.7 Å². The summed E-state index contributed by atoms with van der Waals surface area (Å²) >= 11 is 3.84. The van der Waals surface area contributed by atoms with Crippen LogP contribution in [0.15, 0.2) is 71.6 Å². The molecule has 0 unspecified atom stereocenters. The van der Waals surface area contributed by atoms with Gasteiger partial charge < -0.3 is 14.6 Å². The number of nitrogens with zero attached hydrogens (tertiary/aromatic N) is 3. The molecule has 8 nitrogen and oxygen atoms in total. The summed E-state index contributed by atoms with van der Waals surface area (Å²) in [6.07, 6.45) is 1.72. The molecule has 2 heterocycles. The van der Waals surface area contributed by atoms with Gasteiger partial charge in [-0.3, -0.25) is 9.59 Å². The molecule has 0 fully saturated rings. The minimum absolute atomic E-state index is 0.0525. The van der Waals surface area contributed by atoms with Crippen molar-refractivity contribution in [2.45, 2.75) is 13.5 Å². The van der Waals surface area contributed by atoms with Gasteiger partial charge in [0.15, 0.2) is 9.93 Å². The van der Waals surface area contributed by atoms with Gasteiger partial charge >= 0.3 is 5.97 Å². The standard InChI is InChI=1S/C26H24N4O4S3/c1-3-12-30-20-11-10-18(24(33)34-4-2)13-21(20)37-26(30)29-23(32)16-35-15-22(31)28-25-27-19(14-36-25)17-8-6-5-7-9-17/h3,5-11,13-14H,1,4,12,15-16H2,2H3,(H,27,28,31). The summed E-state index contributed by atoms with van der Waals surface area (Å²) in [7, 11) is 0. The Balaban J connectivity index is 1.38. The van der Waals surface area contributed by atoms with Crippen molar-refractivity contribution in [2.24, 2.45) is 4.99 Å². The van der Waals surface area contributed by atoms with Crippen LogP contribution < -0.4 is 10.1 Å². The van der Waals surface area contributed by atoms with Gasteiger partial charge in [0.25, 0.3) is 5.91 Å². The summed E-state index contributed by atoms with van der Waals surface area (Å²) in [4.78, 5) is 46.2. The summed E-state index contributed by atoms with van der Waals surface area (Å²) in [5, 5.41) is 5.18. The average molecular weight is 553 g/mol. The maximum absolute atomic E-state index is 12.6. The molecule has 2 amide bonds. The Bertz CT molecular complexity index is 1510. The second-order valence-electron chi connectivity index (χ2n) is 7.64. The summed E-state index contributed by atoms with van der Waals surface area (Å²) in [6, 6.07) is 15.0. The molecule has 1 N–H and O–H groups in total. The number of nitrogens with one attached hydrogen (secondary N) is 1. The normalized spacial score (nSPS) is 11.4. The fourth-order valence-corrected chi connectivity index (χ4v) is 5.83. The third kappa shape index (κ3) is 6.82. The second kappa shape index (κ2) is 12.6. The van der Waals surface area contributed by atoms with E-state index >= 15 is 0 Å². The van der Waals surface area contributed by atoms with Crippen LogP contribution in [0.4, 0.5) is 5.13 Å². The van der Waals surface area contributed by atoms with Gasteiger partial charge in [0.2, 0.25) is 5.91 Å². The first-order valence-corrected chi connectivity index (χ1v) is 14.2. The highest BCUT2D eigenvalue weighted by atomic mass is 32.2. The number of rotatable bonds is 10. The molecule has 0 saturated carbocycles. The van der Waals surface area contributed by atoms with Crippen LogP contribution in [-0.4, -0.2) is 45.4 Å². The molecular formula is C26H24N4O4S3. The minimum Gasteiger partial charge on any atom is -0.462 e. The van der Waals surface area contributed by atoms with E-state index in [0.717, 1.165) is 21.5 Å². The number of amides is 2. The number of carbonyl (C=O) groups excluding carboxylic acids is 3. The van der Waals surface area contributed by atoms with E-state index in [4.69, 9.17) is 4.74 Å². The van der Waals surface area contributed by atoms with Crippen LogP contribution in [0.1, 0.15) is 17.3 Å². The molecule has 0 aliphatic carbocycles. The quantitative estimate of drug-likeness (QED) is 0.220. The molecule has 37 heavy (non-hydrogen) atoms. The van der Waals surface area contributed by atoms with Crippen molar-refractivity contribution < 1.29 is 19.1 Å². The van der Waals surface area contributed by atoms with E-state index in [9.17, 15) is 14.4 Å². The number of aromatic nitrogens is 2. The molecule has 0 bridgehead atoms. The smallest absolute Gasteiger partial charge is 0.338 e. The Labute approximate surface area is 225 Å². The number of hydrogen-bond acceptors (Lipinski definition) is 8. The van der Waals surface area contributed by atoms with E-state index in [-0.39, 0.29) is 23.3 Å². The first-order valence-electron chi connectivity index (χ1n) is 11.4. The van der Waals surface area contributed by atoms with Crippen LogP contribution in [0.5, 0.6) is 0 Å². The van der Waals surface area contributed by atoms with Crippen molar-refractivity contribution in [3.05, 3.63) is 76.9 Å². The second-order valence-corrected chi connectivity index (χ2v) is 10.5. The SMILES string of the molecule is C=CCn1c(=NC(=O)CSCC(=O)Nc2nc(-c3ccccc3)cs2)sc2cc(C(=O)OCC)ccc21. The van der Waals surface area contributed by atoms with Crippen LogP contribution >= 0.6 is 34.4 Å². The summed E-state index contributed by atoms with van der Waals surface area (Å²) in [5.41, 5.74) is 3.06. The average Bonchev–Trinajstić information content (AvgIpc) is 3.49. The number of esters is 1. The largest absolute Gasteiger partial charge is 0.462 e. The van der Waals surface area contributed by atoms with Crippen molar-refractivity contribution in [3.8, 4) is 11.3 Å². The number of fused-ring (bicyclic) bond motifs is 1. The van der Waals surface area contributed by atoms with Crippen molar-refractivity contribution in [1.29, 1.82) is 0 Å². The van der Waals surface area contributed by atoms with Crippen molar-refractivity contribution in [3.63, 3.8) is 0 Å².